The maximum Gasteiger partial charge on any atom is 0.320 e. The molecule has 2 amide bonds. The van der Waals surface area contributed by atoms with Crippen LogP contribution in [0.4, 0.5) is 19.4 Å². The van der Waals surface area contributed by atoms with Crippen LogP contribution in [-0.4, -0.2) is 66.6 Å². The Bertz CT molecular complexity index is 1270. The number of methoxy groups -OCH3 is 1. The van der Waals surface area contributed by atoms with E-state index in [1.165, 1.54) is 6.07 Å². The van der Waals surface area contributed by atoms with Gasteiger partial charge in [-0.05, 0) is 49.2 Å². The van der Waals surface area contributed by atoms with Crippen molar-refractivity contribution in [3.8, 4) is 5.69 Å². The number of benzene rings is 2. The molecule has 3 atom stereocenters. The van der Waals surface area contributed by atoms with Gasteiger partial charge >= 0.3 is 6.03 Å². The molecule has 0 spiro atoms. The second-order valence-electron chi connectivity index (χ2n) is 9.68. The number of amides is 2. The number of carbonyl (C=O) groups is 1. The zero-order chi connectivity index (χ0) is 26.6. The van der Waals surface area contributed by atoms with Crippen molar-refractivity contribution in [2.24, 2.45) is 0 Å². The molecule has 0 bridgehead atoms. The van der Waals surface area contributed by atoms with Gasteiger partial charge < -0.3 is 15.4 Å². The van der Waals surface area contributed by atoms with Crippen molar-refractivity contribution in [3.63, 3.8) is 0 Å². The first kappa shape index (κ1) is 26.6. The number of likely N-dealkylation sites (tertiary alicyclic amines) is 1. The highest BCUT2D eigenvalue weighted by molar-refractivity contribution is 6.34. The standard InChI is InChI=1S/C27H31ClF2N6O2/c1-38-13-12-35-15-19(17-9-10-20(29)21(30)14-17)23(16-35)32-27(37)33-26-24(28)25(22-8-5-11-31-22)34-36(26)18-6-3-2-4-7-18/h2-4,6-7,9-10,14,19,22-23,31H,5,8,11-13,15-16H2,1H3,(H2,32,33,37)/t19-,22+,23+/m0/s1. The van der Waals surface area contributed by atoms with E-state index < -0.39 is 17.7 Å². The molecule has 202 valence electrons. The predicted molar refractivity (Wildman–Crippen MR) is 142 cm³/mol. The van der Waals surface area contributed by atoms with Gasteiger partial charge in [-0.2, -0.15) is 5.10 Å². The highest BCUT2D eigenvalue weighted by Gasteiger charge is 2.36. The van der Waals surface area contributed by atoms with Crippen molar-refractivity contribution in [3.05, 3.63) is 76.4 Å². The van der Waals surface area contributed by atoms with Crippen molar-refractivity contribution < 1.29 is 18.3 Å². The van der Waals surface area contributed by atoms with Crippen LogP contribution < -0.4 is 16.0 Å². The van der Waals surface area contributed by atoms with Gasteiger partial charge in [-0.25, -0.2) is 18.3 Å². The van der Waals surface area contributed by atoms with Crippen LogP contribution in [0.15, 0.2) is 48.5 Å². The highest BCUT2D eigenvalue weighted by atomic mass is 35.5. The summed E-state index contributed by atoms with van der Waals surface area (Å²) in [6.45, 7) is 3.16. The minimum Gasteiger partial charge on any atom is -0.383 e. The maximum absolute atomic E-state index is 14.1. The third-order valence-electron chi connectivity index (χ3n) is 7.17. The summed E-state index contributed by atoms with van der Waals surface area (Å²) in [5.74, 6) is -1.67. The van der Waals surface area contributed by atoms with Gasteiger partial charge in [0.25, 0.3) is 0 Å². The average Bonchev–Trinajstić information content (AvgIpc) is 3.65. The zero-order valence-corrected chi connectivity index (χ0v) is 21.8. The molecule has 11 heteroatoms. The molecule has 0 radical (unpaired) electrons. The Morgan fingerprint density at radius 2 is 2.00 bits per heavy atom. The minimum absolute atomic E-state index is 0.0120. The Morgan fingerprint density at radius 1 is 1.18 bits per heavy atom. The van der Waals surface area contributed by atoms with Crippen LogP contribution in [0, 0.1) is 11.6 Å². The number of nitrogens with zero attached hydrogens (tertiary/aromatic N) is 3. The number of hydrogen-bond donors (Lipinski definition) is 3. The number of carbonyl (C=O) groups excluding carboxylic acids is 1. The van der Waals surface area contributed by atoms with E-state index in [0.29, 0.717) is 48.3 Å². The lowest BCUT2D eigenvalue weighted by molar-refractivity contribution is 0.159. The molecule has 3 aromatic rings. The van der Waals surface area contributed by atoms with E-state index in [-0.39, 0.29) is 18.0 Å². The molecule has 2 fully saturated rings. The molecule has 2 aliphatic heterocycles. The largest absolute Gasteiger partial charge is 0.383 e. The van der Waals surface area contributed by atoms with Gasteiger partial charge in [-0.15, -0.1) is 0 Å². The maximum atomic E-state index is 14.1. The summed E-state index contributed by atoms with van der Waals surface area (Å²) in [4.78, 5) is 15.5. The lowest BCUT2D eigenvalue weighted by atomic mass is 9.94. The highest BCUT2D eigenvalue weighted by Crippen LogP contribution is 2.35. The lowest BCUT2D eigenvalue weighted by Crippen LogP contribution is -2.42. The normalized spacial score (nSPS) is 21.6. The fourth-order valence-electron chi connectivity index (χ4n) is 5.25. The smallest absolute Gasteiger partial charge is 0.320 e. The van der Waals surface area contributed by atoms with Crippen molar-refractivity contribution in [2.75, 3.05) is 45.2 Å². The quantitative estimate of drug-likeness (QED) is 0.390. The van der Waals surface area contributed by atoms with Gasteiger partial charge in [0.1, 0.15) is 10.7 Å². The van der Waals surface area contributed by atoms with Crippen LogP contribution in [0.2, 0.25) is 5.02 Å². The number of nitrogens with one attached hydrogen (secondary N) is 3. The van der Waals surface area contributed by atoms with Crippen molar-refractivity contribution in [1.29, 1.82) is 0 Å². The van der Waals surface area contributed by atoms with E-state index in [4.69, 9.17) is 21.4 Å². The number of rotatable bonds is 8. The molecular formula is C27H31ClF2N6O2. The molecule has 2 saturated heterocycles. The first-order valence-electron chi connectivity index (χ1n) is 12.8. The fraction of sp³-hybridized carbons (Fsp3) is 0.407. The Morgan fingerprint density at radius 3 is 2.71 bits per heavy atom. The Hall–Kier alpha value is -3.05. The molecule has 3 heterocycles. The summed E-state index contributed by atoms with van der Waals surface area (Å²) < 4.78 is 34.5. The van der Waals surface area contributed by atoms with Gasteiger partial charge in [0, 0.05) is 32.7 Å². The second-order valence-corrected chi connectivity index (χ2v) is 10.1. The summed E-state index contributed by atoms with van der Waals surface area (Å²) >= 11 is 6.79. The summed E-state index contributed by atoms with van der Waals surface area (Å²) in [6.07, 6.45) is 1.93. The monoisotopic (exact) mass is 544 g/mol. The van der Waals surface area contributed by atoms with Crippen LogP contribution in [0.3, 0.4) is 0 Å². The minimum atomic E-state index is -0.910. The molecule has 2 aliphatic rings. The number of hydrogen-bond acceptors (Lipinski definition) is 5. The third kappa shape index (κ3) is 5.68. The van der Waals surface area contributed by atoms with Gasteiger partial charge in [0.2, 0.25) is 0 Å². The topological polar surface area (TPSA) is 83.4 Å². The number of ether oxygens (including phenoxy) is 1. The molecule has 2 aromatic carbocycles. The number of urea groups is 1. The molecule has 0 unspecified atom stereocenters. The van der Waals surface area contributed by atoms with Gasteiger partial charge in [0.05, 0.1) is 24.4 Å². The van der Waals surface area contributed by atoms with Crippen molar-refractivity contribution >= 4 is 23.4 Å². The molecule has 0 aliphatic carbocycles. The van der Waals surface area contributed by atoms with Crippen LogP contribution >= 0.6 is 11.6 Å². The molecule has 3 N–H and O–H groups in total. The SMILES string of the molecule is COCCN1C[C@@H](NC(=O)Nc2c(Cl)c([C@H]3CCCN3)nn2-c2ccccc2)[C@H](c2ccc(F)c(F)c2)C1. The van der Waals surface area contributed by atoms with Crippen molar-refractivity contribution in [2.45, 2.75) is 30.8 Å². The molecule has 38 heavy (non-hydrogen) atoms. The van der Waals surface area contributed by atoms with Crippen LogP contribution in [-0.2, 0) is 4.74 Å². The number of para-hydroxylation sites is 1. The Kier molecular flexibility index (Phi) is 8.23. The fourth-order valence-corrected chi connectivity index (χ4v) is 5.54. The van der Waals surface area contributed by atoms with Crippen LogP contribution in [0.1, 0.15) is 36.1 Å². The average molecular weight is 545 g/mol. The molecule has 0 saturated carbocycles. The summed E-state index contributed by atoms with van der Waals surface area (Å²) in [7, 11) is 1.63. The summed E-state index contributed by atoms with van der Waals surface area (Å²) in [5.41, 5.74) is 2.07. The van der Waals surface area contributed by atoms with E-state index in [1.807, 2.05) is 30.3 Å². The van der Waals surface area contributed by atoms with E-state index in [0.717, 1.165) is 31.1 Å². The summed E-state index contributed by atoms with van der Waals surface area (Å²) in [5, 5.41) is 14.5. The molecule has 8 nitrogen and oxygen atoms in total. The van der Waals surface area contributed by atoms with Gasteiger partial charge in [-0.1, -0.05) is 35.9 Å². The molecule has 1 aromatic heterocycles. The second kappa shape index (κ2) is 11.8. The first-order chi connectivity index (χ1) is 18.4. The molecule has 5 rings (SSSR count). The Balaban J connectivity index is 1.39. The van der Waals surface area contributed by atoms with E-state index in [2.05, 4.69) is 20.9 Å². The Labute approximate surface area is 225 Å². The summed E-state index contributed by atoms with van der Waals surface area (Å²) in [6, 6.07) is 12.6. The van der Waals surface area contributed by atoms with Gasteiger partial charge in [0.15, 0.2) is 17.5 Å². The zero-order valence-electron chi connectivity index (χ0n) is 21.1. The van der Waals surface area contributed by atoms with Crippen LogP contribution in [0.5, 0.6) is 0 Å². The van der Waals surface area contributed by atoms with Gasteiger partial charge in [-0.3, -0.25) is 10.2 Å². The number of anilines is 1. The van der Waals surface area contributed by atoms with E-state index >= 15 is 0 Å². The van der Waals surface area contributed by atoms with E-state index in [1.54, 1.807) is 17.9 Å². The number of halogens is 3. The van der Waals surface area contributed by atoms with E-state index in [9.17, 15) is 13.6 Å². The number of aromatic nitrogens is 2. The lowest BCUT2D eigenvalue weighted by Gasteiger charge is -2.21. The van der Waals surface area contributed by atoms with Crippen molar-refractivity contribution in [1.82, 2.24) is 25.3 Å². The van der Waals surface area contributed by atoms with Crippen LogP contribution in [0.25, 0.3) is 5.69 Å². The third-order valence-corrected chi connectivity index (χ3v) is 7.54. The first-order valence-corrected chi connectivity index (χ1v) is 13.1. The molecular weight excluding hydrogens is 514 g/mol. The predicted octanol–water partition coefficient (Wildman–Crippen LogP) is 4.46.